The van der Waals surface area contributed by atoms with Crippen molar-refractivity contribution in [3.63, 3.8) is 0 Å². The lowest BCUT2D eigenvalue weighted by molar-refractivity contribution is -0.112. The monoisotopic (exact) mass is 282 g/mol. The zero-order chi connectivity index (χ0) is 14.5. The standard InChI is InChI=1S/C16H14N2OS/c1-11-5-3-4-6-15(11)18-16(19)13(10-17)9-14-8-7-12(2)20-14/h3-9H,1-2H3,(H,18,19)/b13-9+. The van der Waals surface area contributed by atoms with Crippen molar-refractivity contribution in [2.24, 2.45) is 0 Å². The van der Waals surface area contributed by atoms with E-state index in [4.69, 9.17) is 5.26 Å². The second kappa shape index (κ2) is 6.18. The molecule has 0 aliphatic rings. The predicted molar refractivity (Wildman–Crippen MR) is 82.5 cm³/mol. The Morgan fingerprint density at radius 1 is 1.25 bits per heavy atom. The summed E-state index contributed by atoms with van der Waals surface area (Å²) >= 11 is 1.55. The molecule has 0 fully saturated rings. The maximum absolute atomic E-state index is 12.1. The average molecular weight is 282 g/mol. The molecule has 1 heterocycles. The fraction of sp³-hybridized carbons (Fsp3) is 0.125. The van der Waals surface area contributed by atoms with E-state index in [2.05, 4.69) is 5.32 Å². The number of nitriles is 1. The van der Waals surface area contributed by atoms with E-state index in [0.717, 1.165) is 21.0 Å². The summed E-state index contributed by atoms with van der Waals surface area (Å²) in [5, 5.41) is 11.9. The molecule has 0 spiro atoms. The topological polar surface area (TPSA) is 52.9 Å². The predicted octanol–water partition coefficient (Wildman–Crippen LogP) is 3.91. The third-order valence-electron chi connectivity index (χ3n) is 2.81. The van der Waals surface area contributed by atoms with E-state index >= 15 is 0 Å². The number of carbonyl (C=O) groups excluding carboxylic acids is 1. The highest BCUT2D eigenvalue weighted by Gasteiger charge is 2.10. The summed E-state index contributed by atoms with van der Waals surface area (Å²) in [6.45, 7) is 3.90. The van der Waals surface area contributed by atoms with Gasteiger partial charge in [0.15, 0.2) is 0 Å². The van der Waals surface area contributed by atoms with Crippen LogP contribution in [0.25, 0.3) is 6.08 Å². The van der Waals surface area contributed by atoms with Crippen molar-refractivity contribution in [1.29, 1.82) is 5.26 Å². The van der Waals surface area contributed by atoms with Crippen molar-refractivity contribution in [1.82, 2.24) is 0 Å². The molecule has 100 valence electrons. The molecule has 2 rings (SSSR count). The van der Waals surface area contributed by atoms with Crippen LogP contribution in [0.15, 0.2) is 42.0 Å². The molecule has 0 saturated heterocycles. The number of aryl methyl sites for hydroxylation is 2. The molecule has 20 heavy (non-hydrogen) atoms. The van der Waals surface area contributed by atoms with Gasteiger partial charge < -0.3 is 5.32 Å². The van der Waals surface area contributed by atoms with Crippen LogP contribution in [0.4, 0.5) is 5.69 Å². The quantitative estimate of drug-likeness (QED) is 0.685. The molecule has 3 nitrogen and oxygen atoms in total. The number of nitrogens with zero attached hydrogens (tertiary/aromatic N) is 1. The van der Waals surface area contributed by atoms with Crippen molar-refractivity contribution in [2.45, 2.75) is 13.8 Å². The summed E-state index contributed by atoms with van der Waals surface area (Å²) in [5.41, 5.74) is 1.79. The third kappa shape index (κ3) is 3.34. The Morgan fingerprint density at radius 2 is 2.00 bits per heavy atom. The smallest absolute Gasteiger partial charge is 0.266 e. The van der Waals surface area contributed by atoms with Gasteiger partial charge in [-0.25, -0.2) is 0 Å². The highest BCUT2D eigenvalue weighted by atomic mass is 32.1. The summed E-state index contributed by atoms with van der Waals surface area (Å²) < 4.78 is 0. The van der Waals surface area contributed by atoms with E-state index in [1.54, 1.807) is 17.4 Å². The molecule has 1 aromatic heterocycles. The summed E-state index contributed by atoms with van der Waals surface area (Å²) in [7, 11) is 0. The summed E-state index contributed by atoms with van der Waals surface area (Å²) in [6, 6.07) is 13.3. The third-order valence-corrected chi connectivity index (χ3v) is 3.75. The number of rotatable bonds is 3. The molecule has 0 unspecified atom stereocenters. The van der Waals surface area contributed by atoms with Gasteiger partial charge in [0.2, 0.25) is 0 Å². The number of benzene rings is 1. The van der Waals surface area contributed by atoms with Crippen molar-refractivity contribution in [3.05, 3.63) is 57.3 Å². The minimum atomic E-state index is -0.382. The van der Waals surface area contributed by atoms with Gasteiger partial charge >= 0.3 is 0 Å². The van der Waals surface area contributed by atoms with Crippen LogP contribution in [0, 0.1) is 25.2 Å². The van der Waals surface area contributed by atoms with Gasteiger partial charge in [-0.15, -0.1) is 11.3 Å². The lowest BCUT2D eigenvalue weighted by Gasteiger charge is -2.06. The molecule has 0 aliphatic carbocycles. The lowest BCUT2D eigenvalue weighted by atomic mass is 10.2. The Labute approximate surface area is 122 Å². The van der Waals surface area contributed by atoms with E-state index in [0.29, 0.717) is 0 Å². The number of carbonyl (C=O) groups is 1. The van der Waals surface area contributed by atoms with E-state index in [1.807, 2.05) is 56.3 Å². The fourth-order valence-electron chi connectivity index (χ4n) is 1.72. The van der Waals surface area contributed by atoms with E-state index < -0.39 is 0 Å². The zero-order valence-electron chi connectivity index (χ0n) is 11.3. The van der Waals surface area contributed by atoms with Crippen LogP contribution in [0.5, 0.6) is 0 Å². The Kier molecular flexibility index (Phi) is 4.34. The highest BCUT2D eigenvalue weighted by Crippen LogP contribution is 2.19. The van der Waals surface area contributed by atoms with Gasteiger partial charge in [-0.1, -0.05) is 18.2 Å². The average Bonchev–Trinajstić information content (AvgIpc) is 2.84. The molecule has 0 atom stereocenters. The normalized spacial score (nSPS) is 10.9. The summed E-state index contributed by atoms with van der Waals surface area (Å²) in [6.07, 6.45) is 1.62. The second-order valence-corrected chi connectivity index (χ2v) is 5.71. The Hall–Kier alpha value is -2.38. The minimum Gasteiger partial charge on any atom is -0.321 e. The number of amides is 1. The van der Waals surface area contributed by atoms with Gasteiger partial charge in [-0.3, -0.25) is 4.79 Å². The Morgan fingerprint density at radius 3 is 2.60 bits per heavy atom. The van der Waals surface area contributed by atoms with Crippen molar-refractivity contribution in [2.75, 3.05) is 5.32 Å². The van der Waals surface area contributed by atoms with Gasteiger partial charge in [0.1, 0.15) is 11.6 Å². The lowest BCUT2D eigenvalue weighted by Crippen LogP contribution is -2.14. The molecule has 4 heteroatoms. The van der Waals surface area contributed by atoms with Crippen LogP contribution in [0.3, 0.4) is 0 Å². The SMILES string of the molecule is Cc1ccc(/C=C(\C#N)C(=O)Nc2ccccc2C)s1. The van der Waals surface area contributed by atoms with Crippen LogP contribution >= 0.6 is 11.3 Å². The zero-order valence-corrected chi connectivity index (χ0v) is 12.1. The van der Waals surface area contributed by atoms with Crippen molar-refractivity contribution < 1.29 is 4.79 Å². The van der Waals surface area contributed by atoms with Crippen molar-refractivity contribution >= 4 is 29.0 Å². The number of anilines is 1. The van der Waals surface area contributed by atoms with Gasteiger partial charge in [0, 0.05) is 15.4 Å². The van der Waals surface area contributed by atoms with E-state index in [1.165, 1.54) is 0 Å². The summed E-state index contributed by atoms with van der Waals surface area (Å²) in [4.78, 5) is 14.2. The molecule has 1 N–H and O–H groups in total. The molecule has 2 aromatic rings. The molecule has 0 radical (unpaired) electrons. The largest absolute Gasteiger partial charge is 0.321 e. The molecule has 1 amide bonds. The molecule has 0 aliphatic heterocycles. The Bertz CT molecular complexity index is 707. The number of thiophene rings is 1. The second-order valence-electron chi connectivity index (χ2n) is 4.39. The van der Waals surface area contributed by atoms with Crippen LogP contribution in [-0.2, 0) is 4.79 Å². The van der Waals surface area contributed by atoms with E-state index in [9.17, 15) is 4.79 Å². The summed E-state index contributed by atoms with van der Waals surface area (Å²) in [5.74, 6) is -0.382. The number of hydrogen-bond donors (Lipinski definition) is 1. The fourth-order valence-corrected chi connectivity index (χ4v) is 2.55. The number of para-hydroxylation sites is 1. The van der Waals surface area contributed by atoms with Crippen LogP contribution in [-0.4, -0.2) is 5.91 Å². The first-order chi connectivity index (χ1) is 9.60. The first-order valence-electron chi connectivity index (χ1n) is 6.15. The molecule has 0 saturated carbocycles. The molecular weight excluding hydrogens is 268 g/mol. The van der Waals surface area contributed by atoms with Crippen LogP contribution < -0.4 is 5.32 Å². The first-order valence-corrected chi connectivity index (χ1v) is 6.97. The minimum absolute atomic E-state index is 0.107. The molecule has 0 bridgehead atoms. The maximum Gasteiger partial charge on any atom is 0.266 e. The van der Waals surface area contributed by atoms with Gasteiger partial charge in [-0.2, -0.15) is 5.26 Å². The van der Waals surface area contributed by atoms with Gasteiger partial charge in [0.05, 0.1) is 0 Å². The molecule has 1 aromatic carbocycles. The van der Waals surface area contributed by atoms with Crippen LogP contribution in [0.1, 0.15) is 15.3 Å². The first kappa shape index (κ1) is 14.0. The van der Waals surface area contributed by atoms with Gasteiger partial charge in [0.25, 0.3) is 5.91 Å². The molecular formula is C16H14N2OS. The number of hydrogen-bond acceptors (Lipinski definition) is 3. The number of nitrogens with one attached hydrogen (secondary N) is 1. The van der Waals surface area contributed by atoms with Gasteiger partial charge in [-0.05, 0) is 43.7 Å². The van der Waals surface area contributed by atoms with Crippen LogP contribution in [0.2, 0.25) is 0 Å². The Balaban J connectivity index is 2.21. The maximum atomic E-state index is 12.1. The highest BCUT2D eigenvalue weighted by molar-refractivity contribution is 7.12. The van der Waals surface area contributed by atoms with Crippen molar-refractivity contribution in [3.8, 4) is 6.07 Å². The van der Waals surface area contributed by atoms with E-state index in [-0.39, 0.29) is 11.5 Å².